The molecule has 7 nitrogen and oxygen atoms in total. The van der Waals surface area contributed by atoms with Gasteiger partial charge in [-0.15, -0.1) is 0 Å². The normalized spacial score (nSPS) is 20.2. The number of piperidine rings is 1. The first-order chi connectivity index (χ1) is 21.8. The Kier molecular flexibility index (Phi) is 8.49. The van der Waals surface area contributed by atoms with Crippen LogP contribution < -0.4 is 4.74 Å². The molecule has 0 radical (unpaired) electrons. The predicted molar refractivity (Wildman–Crippen MR) is 156 cm³/mol. The van der Waals surface area contributed by atoms with E-state index in [9.17, 15) is 36.2 Å². The molecule has 0 aliphatic carbocycles. The molecule has 2 atom stereocenters. The van der Waals surface area contributed by atoms with Crippen LogP contribution in [-0.2, 0) is 12.8 Å². The first-order valence-electron chi connectivity index (χ1n) is 14.5. The van der Waals surface area contributed by atoms with Crippen LogP contribution in [0.4, 0.5) is 26.3 Å². The summed E-state index contributed by atoms with van der Waals surface area (Å²) in [6, 6.07) is 16.7. The summed E-state index contributed by atoms with van der Waals surface area (Å²) < 4.78 is 87.1. The molecular weight excluding hydrogens is 638 g/mol. The number of halogens is 7. The molecule has 46 heavy (non-hydrogen) atoms. The van der Waals surface area contributed by atoms with Crippen LogP contribution in [0.25, 0.3) is 17.1 Å². The van der Waals surface area contributed by atoms with Gasteiger partial charge in [-0.05, 0) is 67.0 Å². The van der Waals surface area contributed by atoms with Crippen LogP contribution in [0, 0.1) is 0 Å². The molecule has 0 spiro atoms. The van der Waals surface area contributed by atoms with E-state index >= 15 is 0 Å². The predicted octanol–water partition coefficient (Wildman–Crippen LogP) is 8.16. The van der Waals surface area contributed by atoms with E-state index in [1.807, 2.05) is 24.3 Å². The monoisotopic (exact) mass is 664 g/mol. The Hall–Kier alpha value is -4.10. The molecule has 2 aliphatic heterocycles. The minimum Gasteiger partial charge on any atom is -0.487 e. The lowest BCUT2D eigenvalue weighted by molar-refractivity contribution is -0.155. The lowest BCUT2D eigenvalue weighted by Crippen LogP contribution is -2.46. The van der Waals surface area contributed by atoms with E-state index < -0.39 is 36.1 Å². The molecule has 2 unspecified atom stereocenters. The Morgan fingerprint density at radius 2 is 1.63 bits per heavy atom. The van der Waals surface area contributed by atoms with Gasteiger partial charge in [0.1, 0.15) is 17.9 Å². The third-order valence-electron chi connectivity index (χ3n) is 8.54. The Labute approximate surface area is 264 Å². The molecule has 2 aliphatic rings. The van der Waals surface area contributed by atoms with Gasteiger partial charge in [0, 0.05) is 17.6 Å². The number of fused-ring (bicyclic) bond motifs is 2. The van der Waals surface area contributed by atoms with Crippen molar-refractivity contribution in [2.45, 2.75) is 62.6 Å². The van der Waals surface area contributed by atoms with Crippen molar-refractivity contribution in [3.05, 3.63) is 94.3 Å². The van der Waals surface area contributed by atoms with Crippen molar-refractivity contribution < 1.29 is 41.0 Å². The third kappa shape index (κ3) is 6.57. The van der Waals surface area contributed by atoms with Gasteiger partial charge < -0.3 is 9.84 Å². The second-order valence-electron chi connectivity index (χ2n) is 11.5. The number of benzene rings is 2. The van der Waals surface area contributed by atoms with Crippen LogP contribution >= 0.6 is 11.6 Å². The zero-order chi connectivity index (χ0) is 32.8. The van der Waals surface area contributed by atoms with Gasteiger partial charge in [-0.2, -0.15) is 31.4 Å². The van der Waals surface area contributed by atoms with Crippen molar-refractivity contribution in [3.63, 3.8) is 0 Å². The van der Waals surface area contributed by atoms with Crippen LogP contribution in [0.2, 0.25) is 5.02 Å². The van der Waals surface area contributed by atoms with Crippen LogP contribution in [-0.4, -0.2) is 55.5 Å². The maximum Gasteiger partial charge on any atom is 0.434 e. The van der Waals surface area contributed by atoms with Crippen LogP contribution in [0.3, 0.4) is 0 Å². The van der Waals surface area contributed by atoms with Crippen molar-refractivity contribution in [3.8, 4) is 22.8 Å². The maximum atomic E-state index is 13.8. The molecule has 0 amide bonds. The van der Waals surface area contributed by atoms with E-state index in [-0.39, 0.29) is 46.9 Å². The summed E-state index contributed by atoms with van der Waals surface area (Å²) in [7, 11) is 0. The summed E-state index contributed by atoms with van der Waals surface area (Å²) in [6.07, 6.45) is -5.69. The third-order valence-corrected chi connectivity index (χ3v) is 8.84. The number of alkyl halides is 6. The van der Waals surface area contributed by atoms with E-state index in [1.54, 1.807) is 29.2 Å². The van der Waals surface area contributed by atoms with Gasteiger partial charge in [-0.3, -0.25) is 4.90 Å². The van der Waals surface area contributed by atoms with Crippen molar-refractivity contribution in [1.82, 2.24) is 19.7 Å². The van der Waals surface area contributed by atoms with Crippen molar-refractivity contribution in [2.24, 2.45) is 0 Å². The highest BCUT2D eigenvalue weighted by Crippen LogP contribution is 2.44. The average Bonchev–Trinajstić information content (AvgIpc) is 3.54. The fourth-order valence-electron chi connectivity index (χ4n) is 6.55. The highest BCUT2D eigenvalue weighted by Gasteiger charge is 2.45. The van der Waals surface area contributed by atoms with Crippen LogP contribution in [0.15, 0.2) is 66.9 Å². The largest absolute Gasteiger partial charge is 0.487 e. The second-order valence-corrected chi connectivity index (χ2v) is 11.9. The van der Waals surface area contributed by atoms with E-state index in [2.05, 4.69) is 10.1 Å². The summed E-state index contributed by atoms with van der Waals surface area (Å²) in [6.45, 7) is -0.760. The highest BCUT2D eigenvalue weighted by molar-refractivity contribution is 6.32. The molecule has 6 rings (SSSR count). The van der Waals surface area contributed by atoms with Gasteiger partial charge >= 0.3 is 18.3 Å². The minimum atomic E-state index is -5.01. The minimum absolute atomic E-state index is 0.0771. The smallest absolute Gasteiger partial charge is 0.434 e. The quantitative estimate of drug-likeness (QED) is 0.192. The molecule has 2 bridgehead atoms. The first kappa shape index (κ1) is 31.9. The Morgan fingerprint density at radius 1 is 0.957 bits per heavy atom. The molecule has 1 N–H and O–H groups in total. The average molecular weight is 665 g/mol. The molecule has 4 heterocycles. The molecule has 0 saturated carbocycles. The number of aromatic nitrogens is 3. The second kappa shape index (κ2) is 12.3. The molecule has 2 saturated heterocycles. The molecule has 2 aromatic heterocycles. The van der Waals surface area contributed by atoms with Crippen molar-refractivity contribution in [2.75, 3.05) is 6.54 Å². The van der Waals surface area contributed by atoms with Crippen LogP contribution in [0.1, 0.15) is 58.8 Å². The van der Waals surface area contributed by atoms with E-state index in [1.165, 1.54) is 12.1 Å². The SMILES string of the molecule is O=C(O)c1cnn(-c2cccc(-c3cccc(Cl)c3OCc3ccc(C4CC5CCC(C4)N5CC(F)(F)F)cc3)n2)c1C(F)(F)F. The summed E-state index contributed by atoms with van der Waals surface area (Å²) in [5.74, 6) is -1.61. The number of carboxylic acids is 1. The number of aromatic carboxylic acids is 1. The number of para-hydroxylation sites is 1. The number of ether oxygens (including phenoxy) is 1. The Bertz CT molecular complexity index is 1730. The zero-order valence-electron chi connectivity index (χ0n) is 24.0. The molecule has 242 valence electrons. The van der Waals surface area contributed by atoms with E-state index in [4.69, 9.17) is 16.3 Å². The number of carboxylic acid groups (broad SMARTS) is 1. The number of carbonyl (C=O) groups is 1. The highest BCUT2D eigenvalue weighted by atomic mass is 35.5. The number of nitrogens with zero attached hydrogens (tertiary/aromatic N) is 4. The van der Waals surface area contributed by atoms with Gasteiger partial charge in [0.15, 0.2) is 11.5 Å². The zero-order valence-corrected chi connectivity index (χ0v) is 24.8. The van der Waals surface area contributed by atoms with E-state index in [0.717, 1.165) is 24.0 Å². The molecule has 2 aromatic carbocycles. The number of hydrogen-bond donors (Lipinski definition) is 1. The Morgan fingerprint density at radius 3 is 2.26 bits per heavy atom. The molecular formula is C32H27ClF6N4O3. The number of pyridine rings is 1. The molecule has 4 aromatic rings. The van der Waals surface area contributed by atoms with Crippen LogP contribution in [0.5, 0.6) is 5.75 Å². The summed E-state index contributed by atoms with van der Waals surface area (Å²) >= 11 is 6.48. The van der Waals surface area contributed by atoms with Gasteiger partial charge in [-0.25, -0.2) is 14.5 Å². The van der Waals surface area contributed by atoms with Gasteiger partial charge in [0.25, 0.3) is 0 Å². The van der Waals surface area contributed by atoms with Crippen molar-refractivity contribution in [1.29, 1.82) is 0 Å². The number of hydrogen-bond acceptors (Lipinski definition) is 5. The first-order valence-corrected chi connectivity index (χ1v) is 14.8. The lowest BCUT2D eigenvalue weighted by Gasteiger charge is -2.39. The fraction of sp³-hybridized carbons (Fsp3) is 0.344. The summed E-state index contributed by atoms with van der Waals surface area (Å²) in [4.78, 5) is 17.4. The van der Waals surface area contributed by atoms with Crippen molar-refractivity contribution >= 4 is 17.6 Å². The topological polar surface area (TPSA) is 80.5 Å². The maximum absolute atomic E-state index is 13.8. The van der Waals surface area contributed by atoms with E-state index in [0.29, 0.717) is 29.3 Å². The molecule has 14 heteroatoms. The standard InChI is InChI=1S/C32H27ClF6N4O3/c33-25-4-1-3-23(26-5-2-6-27(41-26)43-29(32(37,38)39)24(15-40-43)30(44)45)28(25)46-16-18-7-9-19(10-8-18)20-13-21-11-12-22(14-20)42(21)17-31(34,35)36/h1-10,15,20-22H,11-14,16-17H2,(H,44,45). The Balaban J connectivity index is 1.19. The number of rotatable bonds is 8. The van der Waals surface area contributed by atoms with Gasteiger partial charge in [0.2, 0.25) is 0 Å². The lowest BCUT2D eigenvalue weighted by atomic mass is 9.85. The summed E-state index contributed by atoms with van der Waals surface area (Å²) in [5.41, 5.74) is 0.0200. The fourth-order valence-corrected chi connectivity index (χ4v) is 6.78. The van der Waals surface area contributed by atoms with Gasteiger partial charge in [0.05, 0.1) is 23.5 Å². The van der Waals surface area contributed by atoms with Gasteiger partial charge in [-0.1, -0.05) is 48.0 Å². The molecule has 2 fully saturated rings. The summed E-state index contributed by atoms with van der Waals surface area (Å²) in [5, 5.41) is 13.1.